The molecule has 0 unspecified atom stereocenters. The lowest BCUT2D eigenvalue weighted by molar-refractivity contribution is 0.0765. The van der Waals surface area contributed by atoms with Crippen LogP contribution in [0.3, 0.4) is 0 Å². The summed E-state index contributed by atoms with van der Waals surface area (Å²) in [5.74, 6) is -0.151. The fourth-order valence-electron chi connectivity index (χ4n) is 3.02. The summed E-state index contributed by atoms with van der Waals surface area (Å²) in [5, 5.41) is 16.9. The number of amides is 1. The standard InChI is InChI=1S/C19H19N3O2S/c23-16-11-20-10-9-14(16)21-18(24)12-5-7-13(8-6-12)19-22-15-3-1-2-4-17(15)25-19/h1-8,14,16,20,23H,9-11H2,(H,21,24)/t14-,16-/m1/s1. The molecule has 4 rings (SSSR count). The summed E-state index contributed by atoms with van der Waals surface area (Å²) in [4.78, 5) is 17.0. The lowest BCUT2D eigenvalue weighted by Gasteiger charge is -2.29. The first-order chi connectivity index (χ1) is 12.2. The van der Waals surface area contributed by atoms with Gasteiger partial charge >= 0.3 is 0 Å². The Balaban J connectivity index is 1.50. The molecule has 0 saturated carbocycles. The number of nitrogens with one attached hydrogen (secondary N) is 2. The van der Waals surface area contributed by atoms with Crippen molar-refractivity contribution in [3.05, 3.63) is 54.1 Å². The zero-order valence-corrected chi connectivity index (χ0v) is 14.4. The van der Waals surface area contributed by atoms with E-state index in [1.54, 1.807) is 11.3 Å². The van der Waals surface area contributed by atoms with E-state index >= 15 is 0 Å². The van der Waals surface area contributed by atoms with Crippen molar-refractivity contribution in [2.24, 2.45) is 0 Å². The van der Waals surface area contributed by atoms with Crippen molar-refractivity contribution < 1.29 is 9.90 Å². The zero-order chi connectivity index (χ0) is 17.2. The Labute approximate surface area is 149 Å². The van der Waals surface area contributed by atoms with Crippen molar-refractivity contribution in [1.82, 2.24) is 15.6 Å². The quantitative estimate of drug-likeness (QED) is 0.676. The number of rotatable bonds is 3. The summed E-state index contributed by atoms with van der Waals surface area (Å²) >= 11 is 1.64. The number of hydrogen-bond acceptors (Lipinski definition) is 5. The van der Waals surface area contributed by atoms with Crippen molar-refractivity contribution >= 4 is 27.5 Å². The fourth-order valence-corrected chi connectivity index (χ4v) is 3.99. The number of thiazole rings is 1. The van der Waals surface area contributed by atoms with Crippen LogP contribution in [0.15, 0.2) is 48.5 Å². The summed E-state index contributed by atoms with van der Waals surface area (Å²) in [7, 11) is 0. The molecule has 3 aromatic rings. The van der Waals surface area contributed by atoms with E-state index in [-0.39, 0.29) is 11.9 Å². The summed E-state index contributed by atoms with van der Waals surface area (Å²) in [6.45, 7) is 1.32. The van der Waals surface area contributed by atoms with E-state index in [4.69, 9.17) is 0 Å². The maximum absolute atomic E-state index is 12.4. The largest absolute Gasteiger partial charge is 0.390 e. The lowest BCUT2D eigenvalue weighted by atomic mass is 10.0. The molecule has 25 heavy (non-hydrogen) atoms. The molecule has 0 radical (unpaired) electrons. The number of aromatic nitrogens is 1. The van der Waals surface area contributed by atoms with E-state index in [1.165, 1.54) is 0 Å². The van der Waals surface area contributed by atoms with E-state index in [1.807, 2.05) is 42.5 Å². The average Bonchev–Trinajstić information content (AvgIpc) is 3.08. The van der Waals surface area contributed by atoms with E-state index in [9.17, 15) is 9.90 Å². The van der Waals surface area contributed by atoms with Crippen LogP contribution >= 0.6 is 11.3 Å². The molecule has 2 aromatic carbocycles. The number of aliphatic hydroxyl groups excluding tert-OH is 1. The van der Waals surface area contributed by atoms with E-state index < -0.39 is 6.10 Å². The van der Waals surface area contributed by atoms with Crippen molar-refractivity contribution in [3.8, 4) is 10.6 Å². The SMILES string of the molecule is O=C(N[C@@H]1CCNC[C@H]1O)c1ccc(-c2nc3ccccc3s2)cc1. The third-order valence-electron chi connectivity index (χ3n) is 4.45. The van der Waals surface area contributed by atoms with E-state index in [0.29, 0.717) is 12.1 Å². The van der Waals surface area contributed by atoms with Crippen LogP contribution in [0, 0.1) is 0 Å². The van der Waals surface area contributed by atoms with Gasteiger partial charge in [0.05, 0.1) is 22.4 Å². The van der Waals surface area contributed by atoms with Gasteiger partial charge in [0.15, 0.2) is 0 Å². The number of piperidine rings is 1. The molecule has 1 aliphatic heterocycles. The minimum atomic E-state index is -0.542. The summed E-state index contributed by atoms with van der Waals surface area (Å²) in [6.07, 6.45) is 0.191. The van der Waals surface area contributed by atoms with Crippen LogP contribution in [-0.2, 0) is 0 Å². The van der Waals surface area contributed by atoms with E-state index in [0.717, 1.165) is 33.8 Å². The van der Waals surface area contributed by atoms with Gasteiger partial charge in [-0.25, -0.2) is 4.98 Å². The molecule has 128 valence electrons. The van der Waals surface area contributed by atoms with Gasteiger partial charge in [-0.2, -0.15) is 0 Å². The molecule has 1 amide bonds. The van der Waals surface area contributed by atoms with Gasteiger partial charge in [-0.1, -0.05) is 24.3 Å². The molecule has 6 heteroatoms. The second-order valence-electron chi connectivity index (χ2n) is 6.20. The summed E-state index contributed by atoms with van der Waals surface area (Å²) < 4.78 is 1.15. The van der Waals surface area contributed by atoms with Crippen molar-refractivity contribution in [2.75, 3.05) is 13.1 Å². The van der Waals surface area contributed by atoms with Gasteiger partial charge < -0.3 is 15.7 Å². The van der Waals surface area contributed by atoms with Gasteiger partial charge in [0.25, 0.3) is 5.91 Å². The highest BCUT2D eigenvalue weighted by molar-refractivity contribution is 7.21. The van der Waals surface area contributed by atoms with Crippen LogP contribution in [0.2, 0.25) is 0 Å². The Bertz CT molecular complexity index is 858. The summed E-state index contributed by atoms with van der Waals surface area (Å²) in [5.41, 5.74) is 2.58. The second-order valence-corrected chi connectivity index (χ2v) is 7.23. The molecule has 0 spiro atoms. The van der Waals surface area contributed by atoms with Gasteiger partial charge in [0.1, 0.15) is 5.01 Å². The summed E-state index contributed by atoms with van der Waals surface area (Å²) in [6, 6.07) is 15.3. The molecule has 0 aliphatic carbocycles. The molecule has 1 aromatic heterocycles. The van der Waals surface area contributed by atoms with Crippen LogP contribution < -0.4 is 10.6 Å². The number of nitrogens with zero attached hydrogens (tertiary/aromatic N) is 1. The molecule has 1 aliphatic rings. The molecule has 2 heterocycles. The minimum Gasteiger partial charge on any atom is -0.390 e. The van der Waals surface area contributed by atoms with Crippen molar-refractivity contribution in [1.29, 1.82) is 0 Å². The first-order valence-corrected chi connectivity index (χ1v) is 9.18. The number of benzene rings is 2. The van der Waals surface area contributed by atoms with Gasteiger partial charge in [0.2, 0.25) is 0 Å². The van der Waals surface area contributed by atoms with Crippen molar-refractivity contribution in [3.63, 3.8) is 0 Å². The Morgan fingerprint density at radius 2 is 2.00 bits per heavy atom. The van der Waals surface area contributed by atoms with Crippen molar-refractivity contribution in [2.45, 2.75) is 18.6 Å². The fraction of sp³-hybridized carbons (Fsp3) is 0.263. The molecule has 5 nitrogen and oxygen atoms in total. The maximum Gasteiger partial charge on any atom is 0.251 e. The molecule has 3 N–H and O–H groups in total. The van der Waals surface area contributed by atoms with Gasteiger partial charge in [-0.15, -0.1) is 11.3 Å². The number of hydrogen-bond donors (Lipinski definition) is 3. The normalized spacial score (nSPS) is 20.5. The third-order valence-corrected chi connectivity index (χ3v) is 5.54. The molecule has 1 saturated heterocycles. The van der Waals surface area contributed by atoms with Crippen LogP contribution in [0.5, 0.6) is 0 Å². The van der Waals surface area contributed by atoms with Crippen LogP contribution in [-0.4, -0.2) is 41.2 Å². The van der Waals surface area contributed by atoms with Crippen LogP contribution in [0.1, 0.15) is 16.8 Å². The first-order valence-electron chi connectivity index (χ1n) is 8.36. The predicted octanol–water partition coefficient (Wildman–Crippen LogP) is 2.42. The zero-order valence-electron chi connectivity index (χ0n) is 13.6. The van der Waals surface area contributed by atoms with E-state index in [2.05, 4.69) is 21.7 Å². The molecule has 0 bridgehead atoms. The Kier molecular flexibility index (Phi) is 4.48. The molecular weight excluding hydrogens is 334 g/mol. The Morgan fingerprint density at radius 3 is 2.76 bits per heavy atom. The number of carbonyl (C=O) groups excluding carboxylic acids is 1. The highest BCUT2D eigenvalue weighted by atomic mass is 32.1. The monoisotopic (exact) mass is 353 g/mol. The molecule has 1 fully saturated rings. The van der Waals surface area contributed by atoms with Crippen LogP contribution in [0.25, 0.3) is 20.8 Å². The number of para-hydroxylation sites is 1. The number of carbonyl (C=O) groups is 1. The number of β-amino-alcohol motifs (C(OH)–C–C–N with tert-alkyl or cyclic N) is 1. The second kappa shape index (κ2) is 6.92. The lowest BCUT2D eigenvalue weighted by Crippen LogP contribution is -2.52. The average molecular weight is 353 g/mol. The number of fused-ring (bicyclic) bond motifs is 1. The van der Waals surface area contributed by atoms with Gasteiger partial charge in [-0.05, 0) is 37.2 Å². The topological polar surface area (TPSA) is 74.2 Å². The smallest absolute Gasteiger partial charge is 0.251 e. The first kappa shape index (κ1) is 16.2. The van der Waals surface area contributed by atoms with Gasteiger partial charge in [-0.3, -0.25) is 4.79 Å². The molecular formula is C19H19N3O2S. The predicted molar refractivity (Wildman–Crippen MR) is 99.8 cm³/mol. The highest BCUT2D eigenvalue weighted by Gasteiger charge is 2.24. The Hall–Kier alpha value is -2.28. The molecule has 2 atom stereocenters. The van der Waals surface area contributed by atoms with Gasteiger partial charge in [0, 0.05) is 17.7 Å². The maximum atomic E-state index is 12.4. The highest BCUT2D eigenvalue weighted by Crippen LogP contribution is 2.30. The van der Waals surface area contributed by atoms with Crippen LogP contribution in [0.4, 0.5) is 0 Å². The Morgan fingerprint density at radius 1 is 1.20 bits per heavy atom. The minimum absolute atomic E-state index is 0.151. The number of aliphatic hydroxyl groups is 1. The third kappa shape index (κ3) is 3.42.